The van der Waals surface area contributed by atoms with Crippen molar-refractivity contribution in [3.05, 3.63) is 23.5 Å². The Morgan fingerprint density at radius 2 is 2.24 bits per heavy atom. The molecule has 1 aromatic heterocycles. The molecule has 0 bridgehead atoms. The number of nitrogens with zero attached hydrogens (tertiary/aromatic N) is 2. The van der Waals surface area contributed by atoms with Gasteiger partial charge in [0.15, 0.2) is 0 Å². The van der Waals surface area contributed by atoms with Crippen molar-refractivity contribution < 1.29 is 4.74 Å². The lowest BCUT2D eigenvalue weighted by atomic mass is 10.0. The van der Waals surface area contributed by atoms with Crippen LogP contribution < -0.4 is 10.1 Å². The summed E-state index contributed by atoms with van der Waals surface area (Å²) in [4.78, 5) is 7.15. The van der Waals surface area contributed by atoms with Crippen molar-refractivity contribution in [3.63, 3.8) is 0 Å². The van der Waals surface area contributed by atoms with Crippen molar-refractivity contribution in [3.8, 4) is 5.75 Å². The SMILES string of the molecule is COc1cc(C)nc(CNCCCN2CCCCC2C)c1. The van der Waals surface area contributed by atoms with Gasteiger partial charge in [0, 0.05) is 30.4 Å². The molecule has 1 aromatic rings. The average Bonchev–Trinajstić information content (AvgIpc) is 2.48. The minimum Gasteiger partial charge on any atom is -0.497 e. The normalized spacial score (nSPS) is 19.7. The van der Waals surface area contributed by atoms with Crippen LogP contribution in [0.5, 0.6) is 5.75 Å². The summed E-state index contributed by atoms with van der Waals surface area (Å²) in [6, 6.07) is 4.73. The van der Waals surface area contributed by atoms with Crippen LogP contribution in [0.2, 0.25) is 0 Å². The van der Waals surface area contributed by atoms with E-state index in [1.807, 2.05) is 19.1 Å². The molecule has 0 spiro atoms. The van der Waals surface area contributed by atoms with Crippen LogP contribution in [0.25, 0.3) is 0 Å². The molecule has 0 radical (unpaired) electrons. The highest BCUT2D eigenvalue weighted by atomic mass is 16.5. The lowest BCUT2D eigenvalue weighted by molar-refractivity contribution is 0.159. The monoisotopic (exact) mass is 291 g/mol. The second kappa shape index (κ2) is 8.35. The van der Waals surface area contributed by atoms with E-state index in [4.69, 9.17) is 4.74 Å². The van der Waals surface area contributed by atoms with Gasteiger partial charge in [-0.25, -0.2) is 0 Å². The van der Waals surface area contributed by atoms with Crippen LogP contribution in [-0.2, 0) is 6.54 Å². The van der Waals surface area contributed by atoms with Crippen molar-refractivity contribution >= 4 is 0 Å². The number of ether oxygens (including phenoxy) is 1. The minimum absolute atomic E-state index is 0.765. The number of hydrogen-bond acceptors (Lipinski definition) is 4. The first-order valence-corrected chi connectivity index (χ1v) is 8.15. The summed E-state index contributed by atoms with van der Waals surface area (Å²) in [5.41, 5.74) is 2.06. The third kappa shape index (κ3) is 5.29. The van der Waals surface area contributed by atoms with Gasteiger partial charge in [0.25, 0.3) is 0 Å². The van der Waals surface area contributed by atoms with E-state index in [0.717, 1.165) is 36.3 Å². The van der Waals surface area contributed by atoms with Crippen LogP contribution in [0.4, 0.5) is 0 Å². The molecule has 1 N–H and O–H groups in total. The number of rotatable bonds is 7. The summed E-state index contributed by atoms with van der Waals surface area (Å²) in [5.74, 6) is 0.890. The average molecular weight is 291 g/mol. The number of pyridine rings is 1. The van der Waals surface area contributed by atoms with Crippen LogP contribution in [0.1, 0.15) is 44.0 Å². The summed E-state index contributed by atoms with van der Waals surface area (Å²) in [5, 5.41) is 3.49. The van der Waals surface area contributed by atoms with E-state index in [9.17, 15) is 0 Å². The van der Waals surface area contributed by atoms with Gasteiger partial charge in [-0.3, -0.25) is 4.98 Å². The number of aromatic nitrogens is 1. The van der Waals surface area contributed by atoms with Crippen LogP contribution in [-0.4, -0.2) is 42.7 Å². The fourth-order valence-corrected chi connectivity index (χ4v) is 3.02. The highest BCUT2D eigenvalue weighted by Gasteiger charge is 2.16. The largest absolute Gasteiger partial charge is 0.497 e. The van der Waals surface area contributed by atoms with Crippen molar-refractivity contribution in [2.45, 2.75) is 52.1 Å². The Bertz CT molecular complexity index is 436. The van der Waals surface area contributed by atoms with Gasteiger partial charge in [-0.1, -0.05) is 6.42 Å². The van der Waals surface area contributed by atoms with E-state index in [2.05, 4.69) is 22.1 Å². The number of aryl methyl sites for hydroxylation is 1. The first-order chi connectivity index (χ1) is 10.2. The Kier molecular flexibility index (Phi) is 6.46. The summed E-state index contributed by atoms with van der Waals surface area (Å²) in [6.45, 7) is 8.70. The molecule has 4 heteroatoms. The topological polar surface area (TPSA) is 37.4 Å². The third-order valence-electron chi connectivity index (χ3n) is 4.26. The maximum atomic E-state index is 5.28. The summed E-state index contributed by atoms with van der Waals surface area (Å²) in [6.07, 6.45) is 5.33. The van der Waals surface area contributed by atoms with Crippen molar-refractivity contribution in [1.82, 2.24) is 15.2 Å². The van der Waals surface area contributed by atoms with Crippen LogP contribution >= 0.6 is 0 Å². The lowest BCUT2D eigenvalue weighted by Gasteiger charge is -2.33. The predicted molar refractivity (Wildman–Crippen MR) is 86.7 cm³/mol. The summed E-state index contributed by atoms with van der Waals surface area (Å²) in [7, 11) is 1.70. The fraction of sp³-hybridized carbons (Fsp3) is 0.706. The standard InChI is InChI=1S/C17H29N3O/c1-14-11-17(21-3)12-16(19-14)13-18-8-6-10-20-9-5-4-7-15(20)2/h11-12,15,18H,4-10,13H2,1-3H3. The van der Waals surface area contributed by atoms with Crippen LogP contribution in [0.15, 0.2) is 12.1 Å². The first-order valence-electron chi connectivity index (χ1n) is 8.15. The zero-order valence-corrected chi connectivity index (χ0v) is 13.7. The molecule has 2 rings (SSSR count). The van der Waals surface area contributed by atoms with Crippen molar-refractivity contribution in [1.29, 1.82) is 0 Å². The Morgan fingerprint density at radius 3 is 3.00 bits per heavy atom. The highest BCUT2D eigenvalue weighted by Crippen LogP contribution is 2.16. The molecule has 1 unspecified atom stereocenters. The Hall–Kier alpha value is -1.13. The highest BCUT2D eigenvalue weighted by molar-refractivity contribution is 5.26. The van der Waals surface area contributed by atoms with Crippen LogP contribution in [0, 0.1) is 6.92 Å². The molecule has 4 nitrogen and oxygen atoms in total. The van der Waals surface area contributed by atoms with Crippen molar-refractivity contribution in [2.24, 2.45) is 0 Å². The Morgan fingerprint density at radius 1 is 1.38 bits per heavy atom. The first kappa shape index (κ1) is 16.2. The molecule has 21 heavy (non-hydrogen) atoms. The molecular formula is C17H29N3O. The van der Waals surface area contributed by atoms with Gasteiger partial charge in [0.2, 0.25) is 0 Å². The van der Waals surface area contributed by atoms with E-state index in [1.54, 1.807) is 7.11 Å². The molecule has 0 aliphatic carbocycles. The van der Waals surface area contributed by atoms with E-state index >= 15 is 0 Å². The molecule has 1 aliphatic rings. The molecule has 118 valence electrons. The number of hydrogen-bond donors (Lipinski definition) is 1. The predicted octanol–water partition coefficient (Wildman–Crippen LogP) is 2.75. The summed E-state index contributed by atoms with van der Waals surface area (Å²) >= 11 is 0. The second-order valence-corrected chi connectivity index (χ2v) is 6.05. The number of likely N-dealkylation sites (tertiary alicyclic amines) is 1. The zero-order valence-electron chi connectivity index (χ0n) is 13.7. The number of piperidine rings is 1. The maximum absolute atomic E-state index is 5.28. The minimum atomic E-state index is 0.765. The molecular weight excluding hydrogens is 262 g/mol. The molecule has 1 atom stereocenters. The molecule has 0 aromatic carbocycles. The molecule has 0 amide bonds. The van der Waals surface area contributed by atoms with Gasteiger partial charge in [-0.05, 0) is 52.7 Å². The van der Waals surface area contributed by atoms with Gasteiger partial charge in [-0.15, -0.1) is 0 Å². The Labute approximate surface area is 128 Å². The van der Waals surface area contributed by atoms with Gasteiger partial charge in [0.05, 0.1) is 12.8 Å². The second-order valence-electron chi connectivity index (χ2n) is 6.05. The molecule has 1 fully saturated rings. The summed E-state index contributed by atoms with van der Waals surface area (Å²) < 4.78 is 5.28. The van der Waals surface area contributed by atoms with Crippen LogP contribution in [0.3, 0.4) is 0 Å². The van der Waals surface area contributed by atoms with Gasteiger partial charge < -0.3 is 15.0 Å². The maximum Gasteiger partial charge on any atom is 0.122 e. The van der Waals surface area contributed by atoms with Gasteiger partial charge >= 0.3 is 0 Å². The third-order valence-corrected chi connectivity index (χ3v) is 4.26. The van der Waals surface area contributed by atoms with Gasteiger partial charge in [-0.2, -0.15) is 0 Å². The molecule has 2 heterocycles. The lowest BCUT2D eigenvalue weighted by Crippen LogP contribution is -2.38. The molecule has 0 saturated carbocycles. The van der Waals surface area contributed by atoms with E-state index in [1.165, 1.54) is 38.8 Å². The quantitative estimate of drug-likeness (QED) is 0.784. The van der Waals surface area contributed by atoms with E-state index in [-0.39, 0.29) is 0 Å². The molecule has 1 aliphatic heterocycles. The van der Waals surface area contributed by atoms with E-state index in [0.29, 0.717) is 0 Å². The molecule has 1 saturated heterocycles. The zero-order chi connectivity index (χ0) is 15.1. The van der Waals surface area contributed by atoms with Crippen molar-refractivity contribution in [2.75, 3.05) is 26.7 Å². The van der Waals surface area contributed by atoms with Gasteiger partial charge in [0.1, 0.15) is 5.75 Å². The number of nitrogens with one attached hydrogen (secondary N) is 1. The Balaban J connectivity index is 1.66. The smallest absolute Gasteiger partial charge is 0.122 e. The van der Waals surface area contributed by atoms with E-state index < -0.39 is 0 Å². The number of methoxy groups -OCH3 is 1. The fourth-order valence-electron chi connectivity index (χ4n) is 3.02.